The fourth-order valence-corrected chi connectivity index (χ4v) is 5.94. The summed E-state index contributed by atoms with van der Waals surface area (Å²) in [6.07, 6.45) is 3.15. The molecule has 31 heavy (non-hydrogen) atoms. The largest absolute Gasteiger partial charge is 0.372 e. The smallest absolute Gasteiger partial charge is 0.345 e. The Hall–Kier alpha value is -2.59. The van der Waals surface area contributed by atoms with E-state index in [4.69, 9.17) is 21.0 Å². The Kier molecular flexibility index (Phi) is 4.39. The summed E-state index contributed by atoms with van der Waals surface area (Å²) in [5, 5.41) is 6.24. The molecule has 0 bridgehead atoms. The summed E-state index contributed by atoms with van der Waals surface area (Å²) in [6.45, 7) is 8.33. The average molecular weight is 450 g/mol. The number of nitrogens with one attached hydrogen (secondary N) is 1. The number of hydrogen-bond acceptors (Lipinski definition) is 8. The Morgan fingerprint density at radius 2 is 2.03 bits per heavy atom. The van der Waals surface area contributed by atoms with E-state index in [9.17, 15) is 14.4 Å². The number of anilines is 1. The van der Waals surface area contributed by atoms with Crippen LogP contribution in [0.5, 0.6) is 0 Å². The molecule has 1 aromatic heterocycles. The molecule has 5 atom stereocenters. The summed E-state index contributed by atoms with van der Waals surface area (Å²) in [7, 11) is 0. The van der Waals surface area contributed by atoms with E-state index < -0.39 is 35.4 Å². The highest BCUT2D eigenvalue weighted by Crippen LogP contribution is 2.52. The molecule has 0 saturated carbocycles. The van der Waals surface area contributed by atoms with Crippen LogP contribution in [0, 0.1) is 5.41 Å². The number of carbonyl (C=O) groups excluding carboxylic acids is 3. The molecule has 0 aliphatic carbocycles. The molecule has 0 radical (unpaired) electrons. The van der Waals surface area contributed by atoms with Crippen molar-refractivity contribution in [3.63, 3.8) is 0 Å². The molecule has 5 rings (SSSR count). The first-order valence-corrected chi connectivity index (χ1v) is 10.7. The van der Waals surface area contributed by atoms with Gasteiger partial charge in [-0.05, 0) is 34.1 Å². The molecule has 4 aliphatic heterocycles. The second-order valence-corrected chi connectivity index (χ2v) is 9.27. The van der Waals surface area contributed by atoms with Crippen LogP contribution in [-0.2, 0) is 14.3 Å². The molecule has 0 aromatic carbocycles. The third kappa shape index (κ3) is 2.61. The van der Waals surface area contributed by atoms with Crippen molar-refractivity contribution in [1.29, 1.82) is 0 Å². The van der Waals surface area contributed by atoms with Crippen LogP contribution < -0.4 is 10.2 Å². The van der Waals surface area contributed by atoms with Crippen molar-refractivity contribution < 1.29 is 23.6 Å². The molecule has 1 aromatic rings. The van der Waals surface area contributed by atoms with Gasteiger partial charge in [-0.1, -0.05) is 5.16 Å². The predicted octanol–water partition coefficient (Wildman–Crippen LogP) is 1.71. The van der Waals surface area contributed by atoms with Crippen LogP contribution in [0.25, 0.3) is 6.08 Å². The van der Waals surface area contributed by atoms with Crippen LogP contribution in [0.3, 0.4) is 0 Å². The second-order valence-electron chi connectivity index (χ2n) is 8.93. The molecule has 4 amide bonds. The Labute approximate surface area is 184 Å². The Morgan fingerprint density at radius 1 is 1.29 bits per heavy atom. The van der Waals surface area contributed by atoms with E-state index in [1.807, 2.05) is 33.8 Å². The van der Waals surface area contributed by atoms with Crippen molar-refractivity contribution in [3.8, 4) is 0 Å². The maximum absolute atomic E-state index is 13.5. The normalized spacial score (nSPS) is 35.1. The maximum Gasteiger partial charge on any atom is 0.345 e. The van der Waals surface area contributed by atoms with Crippen LogP contribution in [-0.4, -0.2) is 69.2 Å². The molecule has 5 heterocycles. The number of rotatable bonds is 1. The van der Waals surface area contributed by atoms with E-state index in [0.29, 0.717) is 16.7 Å². The minimum atomic E-state index is -1.58. The zero-order valence-corrected chi connectivity index (χ0v) is 18.4. The highest BCUT2D eigenvalue weighted by Gasteiger charge is 2.67. The molecule has 1 N–H and O–H groups in total. The highest BCUT2D eigenvalue weighted by atomic mass is 35.5. The average Bonchev–Trinajstić information content (AvgIpc) is 3.16. The van der Waals surface area contributed by atoms with E-state index in [0.717, 1.165) is 11.4 Å². The SMILES string of the molecule is CC(C)N1c2cnoc2C=C2C1CC1(C(=O)NC(=O)N(Cl)C1=O)[C@H]1[C@H](C)O[C@H](C)CN21. The first-order valence-electron chi connectivity index (χ1n) is 10.4. The monoisotopic (exact) mass is 449 g/mol. The standard InChI is InChI=1S/C20H24ClN5O5/c1-9(2)25-13-6-20(17(27)23-19(29)26(21)18(20)28)16-11(4)30-10(3)8-24(16)12(13)5-15-14(25)7-22-31-15/h5,7,9-11,13,16H,6,8H2,1-4H3,(H,23,27,29)/t10-,11+,13?,16-,20?/m1/s1. The van der Waals surface area contributed by atoms with E-state index >= 15 is 0 Å². The topological polar surface area (TPSA) is 108 Å². The van der Waals surface area contributed by atoms with E-state index in [1.54, 1.807) is 6.20 Å². The lowest BCUT2D eigenvalue weighted by Gasteiger charge is -2.60. The summed E-state index contributed by atoms with van der Waals surface area (Å²) in [5.74, 6) is -0.727. The number of barbiturate groups is 1. The van der Waals surface area contributed by atoms with Crippen molar-refractivity contribution in [2.45, 2.75) is 64.4 Å². The van der Waals surface area contributed by atoms with E-state index in [1.165, 1.54) is 0 Å². The molecule has 2 unspecified atom stereocenters. The van der Waals surface area contributed by atoms with Gasteiger partial charge in [0.1, 0.15) is 5.69 Å². The number of halogens is 1. The van der Waals surface area contributed by atoms with Crippen LogP contribution in [0.2, 0.25) is 0 Å². The molecule has 4 aliphatic rings. The third-order valence-corrected chi connectivity index (χ3v) is 7.07. The molecule has 11 heteroatoms. The fourth-order valence-electron chi connectivity index (χ4n) is 5.74. The van der Waals surface area contributed by atoms with Crippen molar-refractivity contribution >= 4 is 41.4 Å². The quantitative estimate of drug-likeness (QED) is 0.510. The first-order chi connectivity index (χ1) is 14.7. The van der Waals surface area contributed by atoms with E-state index in [2.05, 4.69) is 20.3 Å². The van der Waals surface area contributed by atoms with Gasteiger partial charge >= 0.3 is 6.03 Å². The van der Waals surface area contributed by atoms with E-state index in [-0.39, 0.29) is 24.6 Å². The Balaban J connectivity index is 1.72. The Bertz CT molecular complexity index is 1010. The lowest BCUT2D eigenvalue weighted by atomic mass is 9.65. The number of nitrogens with zero attached hydrogens (tertiary/aromatic N) is 4. The van der Waals surface area contributed by atoms with Crippen LogP contribution in [0.15, 0.2) is 16.4 Å². The number of carbonyl (C=O) groups is 3. The van der Waals surface area contributed by atoms with Gasteiger partial charge in [-0.25, -0.2) is 4.79 Å². The van der Waals surface area contributed by atoms with Crippen LogP contribution in [0.4, 0.5) is 10.5 Å². The van der Waals surface area contributed by atoms with Crippen molar-refractivity contribution in [2.24, 2.45) is 5.41 Å². The molecule has 3 fully saturated rings. The number of aromatic nitrogens is 1. The number of imide groups is 2. The van der Waals surface area contributed by atoms with Gasteiger partial charge in [0.2, 0.25) is 5.91 Å². The predicted molar refractivity (Wildman–Crippen MR) is 110 cm³/mol. The number of piperidine rings is 1. The van der Waals surface area contributed by atoms with Crippen LogP contribution >= 0.6 is 11.8 Å². The van der Waals surface area contributed by atoms with Gasteiger partial charge < -0.3 is 19.1 Å². The van der Waals surface area contributed by atoms with Crippen LogP contribution in [0.1, 0.15) is 39.9 Å². The zero-order valence-electron chi connectivity index (χ0n) is 17.7. The van der Waals surface area contributed by atoms with Gasteiger partial charge in [0.15, 0.2) is 11.2 Å². The first kappa shape index (κ1) is 20.3. The number of morpholine rings is 1. The minimum absolute atomic E-state index is 0.0341. The van der Waals surface area contributed by atoms with Crippen molar-refractivity contribution in [1.82, 2.24) is 19.8 Å². The van der Waals surface area contributed by atoms with Gasteiger partial charge in [-0.3, -0.25) is 14.9 Å². The lowest BCUT2D eigenvalue weighted by Crippen LogP contribution is -2.76. The van der Waals surface area contributed by atoms with Gasteiger partial charge in [-0.15, -0.1) is 0 Å². The maximum atomic E-state index is 13.5. The highest BCUT2D eigenvalue weighted by molar-refractivity contribution is 6.36. The van der Waals surface area contributed by atoms with Gasteiger partial charge in [0.05, 0.1) is 30.5 Å². The summed E-state index contributed by atoms with van der Waals surface area (Å²) < 4.78 is 12.0. The molecule has 10 nitrogen and oxygen atoms in total. The molecule has 1 spiro atoms. The van der Waals surface area contributed by atoms with Gasteiger partial charge in [0, 0.05) is 36.1 Å². The summed E-state index contributed by atoms with van der Waals surface area (Å²) in [4.78, 5) is 43.1. The molecular formula is C20H24ClN5O5. The molecular weight excluding hydrogens is 426 g/mol. The third-order valence-electron chi connectivity index (χ3n) is 6.77. The second kappa shape index (κ2) is 6.70. The fraction of sp³-hybridized carbons (Fsp3) is 0.600. The summed E-state index contributed by atoms with van der Waals surface area (Å²) in [5.41, 5.74) is 0.155. The number of ether oxygens (including phenoxy) is 1. The zero-order chi connectivity index (χ0) is 22.2. The van der Waals surface area contributed by atoms with Gasteiger partial charge in [-0.2, -0.15) is 4.42 Å². The molecule has 166 valence electrons. The van der Waals surface area contributed by atoms with Gasteiger partial charge in [0.25, 0.3) is 5.91 Å². The molecule has 3 saturated heterocycles. The summed E-state index contributed by atoms with van der Waals surface area (Å²) in [6, 6.07) is -1.84. The number of urea groups is 1. The minimum Gasteiger partial charge on any atom is -0.372 e. The Morgan fingerprint density at radius 3 is 2.74 bits per heavy atom. The number of fused-ring (bicyclic) bond motifs is 5. The number of amides is 4. The van der Waals surface area contributed by atoms with Crippen molar-refractivity contribution in [2.75, 3.05) is 11.4 Å². The van der Waals surface area contributed by atoms with Crippen molar-refractivity contribution in [3.05, 3.63) is 17.7 Å². The summed E-state index contributed by atoms with van der Waals surface area (Å²) >= 11 is 6.06. The number of hydrogen-bond donors (Lipinski definition) is 1. The lowest BCUT2D eigenvalue weighted by molar-refractivity contribution is -0.178.